The summed E-state index contributed by atoms with van der Waals surface area (Å²) in [6.45, 7) is 0.956. The van der Waals surface area contributed by atoms with Crippen molar-refractivity contribution in [3.8, 4) is 0 Å². The van der Waals surface area contributed by atoms with Crippen LogP contribution in [0, 0.1) is 0 Å². The van der Waals surface area contributed by atoms with E-state index in [2.05, 4.69) is 4.98 Å². The highest BCUT2D eigenvalue weighted by molar-refractivity contribution is 5.27. The predicted molar refractivity (Wildman–Crippen MR) is 77.9 cm³/mol. The van der Waals surface area contributed by atoms with Gasteiger partial charge < -0.3 is 10.3 Å². The first-order valence-electron chi connectivity index (χ1n) is 6.77. The Morgan fingerprint density at radius 2 is 2.05 bits per heavy atom. The van der Waals surface area contributed by atoms with Crippen molar-refractivity contribution in [3.63, 3.8) is 0 Å². The molecule has 0 fully saturated rings. The zero-order valence-electron chi connectivity index (χ0n) is 12.2. The number of alkyl halides is 2. The zero-order chi connectivity index (χ0) is 15.4. The summed E-state index contributed by atoms with van der Waals surface area (Å²) in [6, 6.07) is 6.31. The number of hydrogen-bond acceptors (Lipinski definition) is 3. The molecule has 6 heteroatoms. The Morgan fingerprint density at radius 3 is 2.62 bits per heavy atom. The number of hydrogen-bond donors (Lipinski definition) is 1. The fourth-order valence-electron chi connectivity index (χ4n) is 2.35. The molecule has 1 aromatic carbocycles. The highest BCUT2D eigenvalue weighted by Gasteiger charge is 2.18. The van der Waals surface area contributed by atoms with Crippen LogP contribution >= 0.6 is 0 Å². The fraction of sp³-hybridized carbons (Fsp3) is 0.400. The molecule has 2 N–H and O–H groups in total. The molecule has 0 aliphatic carbocycles. The second-order valence-corrected chi connectivity index (χ2v) is 5.09. The van der Waals surface area contributed by atoms with Crippen LogP contribution in [0.4, 0.5) is 8.78 Å². The number of halogens is 2. The number of imidazole rings is 1. The van der Waals surface area contributed by atoms with Crippen LogP contribution in [0.1, 0.15) is 29.4 Å². The van der Waals surface area contributed by atoms with Crippen LogP contribution in [-0.4, -0.2) is 28.0 Å². The van der Waals surface area contributed by atoms with E-state index in [-0.39, 0.29) is 11.6 Å². The number of likely N-dealkylation sites (N-methyl/N-ethyl adjacent to an activating group) is 1. The molecule has 1 unspecified atom stereocenters. The number of aromatic nitrogens is 2. The highest BCUT2D eigenvalue weighted by Crippen LogP contribution is 2.25. The number of benzene rings is 1. The second-order valence-electron chi connectivity index (χ2n) is 5.09. The van der Waals surface area contributed by atoms with Gasteiger partial charge in [0, 0.05) is 37.6 Å². The smallest absolute Gasteiger partial charge is 0.263 e. The molecule has 2 aromatic rings. The molecule has 0 bridgehead atoms. The Labute approximate surface area is 123 Å². The molecule has 4 nitrogen and oxygen atoms in total. The molecule has 1 heterocycles. The molecule has 0 amide bonds. The lowest BCUT2D eigenvalue weighted by molar-refractivity contribution is 0.151. The van der Waals surface area contributed by atoms with Gasteiger partial charge in [0.05, 0.1) is 6.54 Å². The molecule has 1 aromatic heterocycles. The molecule has 0 aliphatic rings. The average molecular weight is 294 g/mol. The van der Waals surface area contributed by atoms with Crippen molar-refractivity contribution in [1.29, 1.82) is 0 Å². The quantitative estimate of drug-likeness (QED) is 0.890. The third-order valence-electron chi connectivity index (χ3n) is 3.61. The Morgan fingerprint density at radius 1 is 1.33 bits per heavy atom. The van der Waals surface area contributed by atoms with Crippen LogP contribution in [-0.2, 0) is 13.6 Å². The van der Waals surface area contributed by atoms with Crippen LogP contribution in [0.25, 0.3) is 0 Å². The van der Waals surface area contributed by atoms with Gasteiger partial charge >= 0.3 is 0 Å². The van der Waals surface area contributed by atoms with E-state index in [1.165, 1.54) is 12.1 Å². The first-order chi connectivity index (χ1) is 10.0. The van der Waals surface area contributed by atoms with Crippen molar-refractivity contribution >= 4 is 0 Å². The summed E-state index contributed by atoms with van der Waals surface area (Å²) >= 11 is 0. The normalized spacial score (nSPS) is 13.1. The maximum atomic E-state index is 12.8. The standard InChI is InChI=1S/C15H20F2N4/c1-20-7-6-19-14(20)10-21(2)13(9-18)11-4-3-5-12(8-11)15(16)17/h3-8,13,15H,9-10,18H2,1-2H3. The first kappa shape index (κ1) is 15.6. The molecule has 1 atom stereocenters. The van der Waals surface area contributed by atoms with Crippen molar-refractivity contribution in [2.24, 2.45) is 12.8 Å². The summed E-state index contributed by atoms with van der Waals surface area (Å²) in [5.41, 5.74) is 6.67. The molecular formula is C15H20F2N4. The first-order valence-corrected chi connectivity index (χ1v) is 6.77. The summed E-state index contributed by atoms with van der Waals surface area (Å²) in [5, 5.41) is 0. The second kappa shape index (κ2) is 6.78. The van der Waals surface area contributed by atoms with Crippen LogP contribution in [0.5, 0.6) is 0 Å². The van der Waals surface area contributed by atoms with Gasteiger partial charge in [-0.2, -0.15) is 0 Å². The van der Waals surface area contributed by atoms with Crippen LogP contribution in [0.2, 0.25) is 0 Å². The van der Waals surface area contributed by atoms with Gasteiger partial charge in [-0.1, -0.05) is 18.2 Å². The molecule has 2 rings (SSSR count). The van der Waals surface area contributed by atoms with E-state index in [1.807, 2.05) is 35.8 Å². The van der Waals surface area contributed by atoms with Crippen molar-refractivity contribution < 1.29 is 8.78 Å². The van der Waals surface area contributed by atoms with Gasteiger partial charge in [-0.05, 0) is 18.7 Å². The van der Waals surface area contributed by atoms with Crippen LogP contribution in [0.3, 0.4) is 0 Å². The number of aryl methyl sites for hydroxylation is 1. The third-order valence-corrected chi connectivity index (χ3v) is 3.61. The fourth-order valence-corrected chi connectivity index (χ4v) is 2.35. The lowest BCUT2D eigenvalue weighted by atomic mass is 10.0. The Bertz CT molecular complexity index is 583. The van der Waals surface area contributed by atoms with Gasteiger partial charge in [-0.25, -0.2) is 13.8 Å². The molecule has 0 radical (unpaired) electrons. The molecular weight excluding hydrogens is 274 g/mol. The van der Waals surface area contributed by atoms with Crippen molar-refractivity contribution in [1.82, 2.24) is 14.5 Å². The summed E-state index contributed by atoms with van der Waals surface area (Å²) in [6.07, 6.45) is 1.14. The average Bonchev–Trinajstić information content (AvgIpc) is 2.85. The summed E-state index contributed by atoms with van der Waals surface area (Å²) in [7, 11) is 3.84. The maximum absolute atomic E-state index is 12.8. The number of nitrogens with zero attached hydrogens (tertiary/aromatic N) is 3. The summed E-state index contributed by atoms with van der Waals surface area (Å²) in [5.74, 6) is 0.904. The van der Waals surface area contributed by atoms with Gasteiger partial charge in [0.2, 0.25) is 0 Å². The van der Waals surface area contributed by atoms with Crippen LogP contribution < -0.4 is 5.73 Å². The van der Waals surface area contributed by atoms with Gasteiger partial charge in [-0.3, -0.25) is 4.90 Å². The minimum Gasteiger partial charge on any atom is -0.337 e. The maximum Gasteiger partial charge on any atom is 0.263 e. The number of rotatable bonds is 6. The summed E-state index contributed by atoms with van der Waals surface area (Å²) < 4.78 is 27.6. The van der Waals surface area contributed by atoms with E-state index in [9.17, 15) is 8.78 Å². The molecule has 0 saturated heterocycles. The Kier molecular flexibility index (Phi) is 5.03. The van der Waals surface area contributed by atoms with E-state index in [4.69, 9.17) is 5.73 Å². The molecule has 114 valence electrons. The molecule has 21 heavy (non-hydrogen) atoms. The van der Waals surface area contributed by atoms with Gasteiger partial charge in [0.15, 0.2) is 0 Å². The van der Waals surface area contributed by atoms with E-state index in [0.29, 0.717) is 13.1 Å². The molecule has 0 saturated carbocycles. The Balaban J connectivity index is 2.18. The van der Waals surface area contributed by atoms with E-state index in [0.717, 1.165) is 11.4 Å². The third kappa shape index (κ3) is 3.65. The molecule has 0 aliphatic heterocycles. The minimum atomic E-state index is -2.47. The van der Waals surface area contributed by atoms with Crippen LogP contribution in [0.15, 0.2) is 36.7 Å². The van der Waals surface area contributed by atoms with E-state index in [1.54, 1.807) is 12.3 Å². The highest BCUT2D eigenvalue weighted by atomic mass is 19.3. The largest absolute Gasteiger partial charge is 0.337 e. The monoisotopic (exact) mass is 294 g/mol. The number of nitrogens with two attached hydrogens (primary N) is 1. The summed E-state index contributed by atoms with van der Waals surface area (Å²) in [4.78, 5) is 6.29. The van der Waals surface area contributed by atoms with Crippen molar-refractivity contribution in [2.45, 2.75) is 19.0 Å². The SMILES string of the molecule is CN(Cc1nccn1C)C(CN)c1cccc(C(F)F)c1. The molecule has 0 spiro atoms. The Hall–Kier alpha value is -1.79. The topological polar surface area (TPSA) is 47.1 Å². The van der Waals surface area contributed by atoms with E-state index >= 15 is 0 Å². The van der Waals surface area contributed by atoms with Gasteiger partial charge in [0.25, 0.3) is 6.43 Å². The minimum absolute atomic E-state index is 0.0244. The van der Waals surface area contributed by atoms with E-state index < -0.39 is 6.43 Å². The van der Waals surface area contributed by atoms with Crippen molar-refractivity contribution in [2.75, 3.05) is 13.6 Å². The van der Waals surface area contributed by atoms with Gasteiger partial charge in [0.1, 0.15) is 5.82 Å². The lowest BCUT2D eigenvalue weighted by Gasteiger charge is -2.27. The lowest BCUT2D eigenvalue weighted by Crippen LogP contribution is -2.31. The van der Waals surface area contributed by atoms with Crippen molar-refractivity contribution in [3.05, 3.63) is 53.6 Å². The van der Waals surface area contributed by atoms with Gasteiger partial charge in [-0.15, -0.1) is 0 Å². The zero-order valence-corrected chi connectivity index (χ0v) is 12.2. The predicted octanol–water partition coefficient (Wildman–Crippen LogP) is 2.49.